The van der Waals surface area contributed by atoms with E-state index in [9.17, 15) is 0 Å². The van der Waals surface area contributed by atoms with E-state index in [0.29, 0.717) is 5.75 Å². The van der Waals surface area contributed by atoms with Crippen LogP contribution in [-0.4, -0.2) is 11.7 Å². The highest BCUT2D eigenvalue weighted by atomic mass is 16.3. The smallest absolute Gasteiger partial charge is 0.115 e. The fraction of sp³-hybridized carbons (Fsp3) is 0.222. The lowest BCUT2D eigenvalue weighted by Gasteiger charge is -1.99. The van der Waals surface area contributed by atoms with Crippen molar-refractivity contribution in [1.29, 1.82) is 0 Å². The molecule has 0 unspecified atom stereocenters. The molecule has 2 N–H and O–H groups in total. The Kier molecular flexibility index (Phi) is 2.93. The van der Waals surface area contributed by atoms with Gasteiger partial charge in [-0.05, 0) is 30.7 Å². The Morgan fingerprint density at radius 2 is 1.91 bits per heavy atom. The lowest BCUT2D eigenvalue weighted by atomic mass is 10.1. The lowest BCUT2D eigenvalue weighted by Crippen LogP contribution is -2.07. The minimum Gasteiger partial charge on any atom is -0.508 e. The van der Waals surface area contributed by atoms with Gasteiger partial charge < -0.3 is 10.4 Å². The highest BCUT2D eigenvalue weighted by molar-refractivity contribution is 5.25. The summed E-state index contributed by atoms with van der Waals surface area (Å²) < 4.78 is 0. The van der Waals surface area contributed by atoms with Gasteiger partial charge in [-0.25, -0.2) is 0 Å². The van der Waals surface area contributed by atoms with Crippen molar-refractivity contribution < 1.29 is 5.11 Å². The van der Waals surface area contributed by atoms with Gasteiger partial charge in [-0.1, -0.05) is 12.1 Å². The second kappa shape index (κ2) is 3.98. The molecule has 1 aromatic rings. The Bertz CT molecular complexity index is 205. The number of phenols is 1. The van der Waals surface area contributed by atoms with E-state index in [1.165, 1.54) is 5.56 Å². The van der Waals surface area contributed by atoms with E-state index in [-0.39, 0.29) is 0 Å². The van der Waals surface area contributed by atoms with Crippen LogP contribution in [0.3, 0.4) is 0 Å². The normalized spacial score (nSPS) is 9.91. The third-order valence-electron chi connectivity index (χ3n) is 1.49. The minimum absolute atomic E-state index is 0.300. The average molecular weight is 149 g/mol. The van der Waals surface area contributed by atoms with Crippen LogP contribution in [0.2, 0.25) is 0 Å². The molecule has 0 aliphatic heterocycles. The fourth-order valence-electron chi connectivity index (χ4n) is 0.879. The third-order valence-corrected chi connectivity index (χ3v) is 1.49. The van der Waals surface area contributed by atoms with E-state index in [4.69, 9.17) is 12.2 Å². The zero-order valence-corrected chi connectivity index (χ0v) is 6.25. The molecule has 0 spiro atoms. The van der Waals surface area contributed by atoms with Crippen LogP contribution in [0, 0.1) is 7.05 Å². The standard InChI is InChI=1S/C9H11NO/c1-10-7-6-8-2-4-9(11)5-3-8/h1-5,10-11H,6-7H2. The Labute approximate surface area is 66.9 Å². The number of rotatable bonds is 3. The van der Waals surface area contributed by atoms with Gasteiger partial charge in [0.2, 0.25) is 0 Å². The van der Waals surface area contributed by atoms with Crippen molar-refractivity contribution in [2.24, 2.45) is 0 Å². The molecule has 1 aromatic carbocycles. The molecule has 0 saturated heterocycles. The molecule has 1 rings (SSSR count). The largest absolute Gasteiger partial charge is 0.508 e. The monoisotopic (exact) mass is 149 g/mol. The second-order valence-electron chi connectivity index (χ2n) is 2.37. The topological polar surface area (TPSA) is 32.3 Å². The molecule has 0 amide bonds. The van der Waals surface area contributed by atoms with Gasteiger partial charge in [-0.15, -0.1) is 0 Å². The zero-order chi connectivity index (χ0) is 8.10. The minimum atomic E-state index is 0.300. The zero-order valence-electron chi connectivity index (χ0n) is 6.25. The molecule has 2 heteroatoms. The first-order chi connectivity index (χ1) is 5.33. The summed E-state index contributed by atoms with van der Waals surface area (Å²) in [6, 6.07) is 7.11. The van der Waals surface area contributed by atoms with E-state index >= 15 is 0 Å². The summed E-state index contributed by atoms with van der Waals surface area (Å²) in [5.74, 6) is 0.300. The van der Waals surface area contributed by atoms with Gasteiger partial charge in [0.1, 0.15) is 5.75 Å². The molecule has 0 heterocycles. The van der Waals surface area contributed by atoms with Crippen LogP contribution in [0.15, 0.2) is 24.3 Å². The highest BCUT2D eigenvalue weighted by Crippen LogP contribution is 2.09. The molecule has 2 nitrogen and oxygen atoms in total. The van der Waals surface area contributed by atoms with Gasteiger partial charge in [0.25, 0.3) is 0 Å². The van der Waals surface area contributed by atoms with Crippen LogP contribution in [0.25, 0.3) is 0 Å². The van der Waals surface area contributed by atoms with Crippen LogP contribution in [0.4, 0.5) is 0 Å². The van der Waals surface area contributed by atoms with E-state index in [1.54, 1.807) is 12.1 Å². The van der Waals surface area contributed by atoms with Crippen molar-refractivity contribution in [2.75, 3.05) is 6.54 Å². The number of hydrogen-bond acceptors (Lipinski definition) is 2. The molecule has 0 fully saturated rings. The number of aromatic hydroxyl groups is 1. The molecule has 0 atom stereocenters. The van der Waals surface area contributed by atoms with E-state index in [0.717, 1.165) is 13.0 Å². The maximum absolute atomic E-state index is 8.94. The van der Waals surface area contributed by atoms with Crippen molar-refractivity contribution in [3.8, 4) is 5.75 Å². The van der Waals surface area contributed by atoms with Crippen molar-refractivity contribution >= 4 is 0 Å². The maximum atomic E-state index is 8.94. The lowest BCUT2D eigenvalue weighted by molar-refractivity contribution is 0.475. The Hall–Kier alpha value is -1.02. The predicted octanol–water partition coefficient (Wildman–Crippen LogP) is 1.19. The average Bonchev–Trinajstić information content (AvgIpc) is 2.04. The summed E-state index contributed by atoms with van der Waals surface area (Å²) in [6.45, 7) is 0.755. The molecule has 0 aliphatic rings. The quantitative estimate of drug-likeness (QED) is 0.633. The van der Waals surface area contributed by atoms with Crippen LogP contribution in [0.5, 0.6) is 5.75 Å². The molecular formula is C9H11NO. The second-order valence-corrected chi connectivity index (χ2v) is 2.37. The van der Waals surface area contributed by atoms with Crippen molar-refractivity contribution in [3.05, 3.63) is 36.9 Å². The van der Waals surface area contributed by atoms with Crippen LogP contribution >= 0.6 is 0 Å². The first kappa shape index (κ1) is 8.08. The Morgan fingerprint density at radius 1 is 1.27 bits per heavy atom. The summed E-state index contributed by atoms with van der Waals surface area (Å²) in [5, 5.41) is 11.5. The summed E-state index contributed by atoms with van der Waals surface area (Å²) in [7, 11) is 5.11. The number of benzene rings is 1. The third kappa shape index (κ3) is 2.60. The molecular weight excluding hydrogens is 138 g/mol. The molecule has 2 radical (unpaired) electrons. The molecule has 0 aromatic heterocycles. The van der Waals surface area contributed by atoms with E-state index in [2.05, 4.69) is 5.32 Å². The number of phenolic OH excluding ortho intramolecular Hbond substituents is 1. The van der Waals surface area contributed by atoms with Crippen LogP contribution in [0.1, 0.15) is 5.56 Å². The summed E-state index contributed by atoms with van der Waals surface area (Å²) in [4.78, 5) is 0. The number of hydrogen-bond donors (Lipinski definition) is 2. The molecule has 0 aliphatic carbocycles. The summed E-state index contributed by atoms with van der Waals surface area (Å²) in [6.07, 6.45) is 0.886. The van der Waals surface area contributed by atoms with E-state index < -0.39 is 0 Å². The summed E-state index contributed by atoms with van der Waals surface area (Å²) in [5.41, 5.74) is 1.17. The highest BCUT2D eigenvalue weighted by Gasteiger charge is 1.90. The van der Waals surface area contributed by atoms with Gasteiger partial charge >= 0.3 is 0 Å². The first-order valence-corrected chi connectivity index (χ1v) is 3.54. The molecule has 0 bridgehead atoms. The Morgan fingerprint density at radius 3 is 2.45 bits per heavy atom. The Balaban J connectivity index is 2.52. The van der Waals surface area contributed by atoms with Crippen molar-refractivity contribution in [1.82, 2.24) is 5.32 Å². The van der Waals surface area contributed by atoms with Crippen molar-refractivity contribution in [2.45, 2.75) is 6.42 Å². The van der Waals surface area contributed by atoms with Crippen molar-refractivity contribution in [3.63, 3.8) is 0 Å². The molecule has 0 saturated carbocycles. The predicted molar refractivity (Wildman–Crippen MR) is 44.1 cm³/mol. The van der Waals surface area contributed by atoms with Gasteiger partial charge in [0.15, 0.2) is 0 Å². The van der Waals surface area contributed by atoms with Gasteiger partial charge in [-0.2, -0.15) is 0 Å². The SMILES string of the molecule is [CH]NCCc1ccc(O)cc1. The van der Waals surface area contributed by atoms with Gasteiger partial charge in [0, 0.05) is 7.05 Å². The fourth-order valence-corrected chi connectivity index (χ4v) is 0.879. The molecule has 58 valence electrons. The summed E-state index contributed by atoms with van der Waals surface area (Å²) >= 11 is 0. The van der Waals surface area contributed by atoms with Gasteiger partial charge in [-0.3, -0.25) is 0 Å². The maximum Gasteiger partial charge on any atom is 0.115 e. The number of nitrogens with one attached hydrogen (secondary N) is 1. The van der Waals surface area contributed by atoms with E-state index in [1.807, 2.05) is 12.1 Å². The molecule has 11 heavy (non-hydrogen) atoms. The van der Waals surface area contributed by atoms with Gasteiger partial charge in [0.05, 0.1) is 0 Å². The first-order valence-electron chi connectivity index (χ1n) is 3.54. The van der Waals surface area contributed by atoms with Crippen LogP contribution < -0.4 is 5.32 Å². The van der Waals surface area contributed by atoms with Crippen LogP contribution in [-0.2, 0) is 6.42 Å².